The summed E-state index contributed by atoms with van der Waals surface area (Å²) in [6.45, 7) is 4.44. The van der Waals surface area contributed by atoms with Crippen LogP contribution in [0.4, 0.5) is 0 Å². The van der Waals surface area contributed by atoms with Gasteiger partial charge in [-0.3, -0.25) is 5.32 Å². The average Bonchev–Trinajstić information content (AvgIpc) is 1.99. The highest BCUT2D eigenvalue weighted by atomic mass is 15.1. The first-order valence-electron chi connectivity index (χ1n) is 3.29. The van der Waals surface area contributed by atoms with Gasteiger partial charge in [0.15, 0.2) is 0 Å². The van der Waals surface area contributed by atoms with Crippen LogP contribution in [0.5, 0.6) is 0 Å². The van der Waals surface area contributed by atoms with E-state index < -0.39 is 5.54 Å². The molecule has 0 heterocycles. The Morgan fingerprint density at radius 2 is 2.36 bits per heavy atom. The standard InChI is InChI=1S/C6H11N5/c1-6(2,5-7)9-3-4-10-11-8/h9H,3-4H2,1-2H3. The maximum absolute atomic E-state index is 8.53. The van der Waals surface area contributed by atoms with Gasteiger partial charge in [0, 0.05) is 18.0 Å². The van der Waals surface area contributed by atoms with Crippen LogP contribution in [-0.4, -0.2) is 18.6 Å². The molecule has 5 heteroatoms. The number of nitriles is 1. The van der Waals surface area contributed by atoms with Gasteiger partial charge < -0.3 is 0 Å². The molecule has 0 aliphatic rings. The van der Waals surface area contributed by atoms with E-state index in [1.54, 1.807) is 13.8 Å². The summed E-state index contributed by atoms with van der Waals surface area (Å²) in [5, 5.41) is 14.8. The van der Waals surface area contributed by atoms with Crippen LogP contribution in [0.3, 0.4) is 0 Å². The zero-order chi connectivity index (χ0) is 8.74. The summed E-state index contributed by atoms with van der Waals surface area (Å²) in [6, 6.07) is 2.07. The van der Waals surface area contributed by atoms with Gasteiger partial charge in [-0.15, -0.1) is 0 Å². The SMILES string of the molecule is CC(C)(C#N)NCCN=[N+]=[N-]. The second-order valence-electron chi connectivity index (χ2n) is 2.62. The Labute approximate surface area is 65.6 Å². The summed E-state index contributed by atoms with van der Waals surface area (Å²) < 4.78 is 0. The van der Waals surface area contributed by atoms with Crippen LogP contribution >= 0.6 is 0 Å². The lowest BCUT2D eigenvalue weighted by molar-refractivity contribution is 0.493. The van der Waals surface area contributed by atoms with Gasteiger partial charge in [-0.05, 0) is 19.4 Å². The highest BCUT2D eigenvalue weighted by Gasteiger charge is 2.13. The van der Waals surface area contributed by atoms with Crippen molar-refractivity contribution in [3.8, 4) is 6.07 Å². The second-order valence-corrected chi connectivity index (χ2v) is 2.62. The zero-order valence-corrected chi connectivity index (χ0v) is 6.70. The number of rotatable bonds is 4. The van der Waals surface area contributed by atoms with Crippen LogP contribution in [0.2, 0.25) is 0 Å². The van der Waals surface area contributed by atoms with E-state index in [4.69, 9.17) is 10.8 Å². The molecular weight excluding hydrogens is 142 g/mol. The lowest BCUT2D eigenvalue weighted by Crippen LogP contribution is -2.38. The molecule has 0 saturated heterocycles. The first kappa shape index (κ1) is 9.76. The van der Waals surface area contributed by atoms with Gasteiger partial charge in [0.1, 0.15) is 5.54 Å². The normalized spacial score (nSPS) is 9.91. The van der Waals surface area contributed by atoms with Crippen molar-refractivity contribution in [1.82, 2.24) is 5.32 Å². The fourth-order valence-electron chi connectivity index (χ4n) is 0.503. The van der Waals surface area contributed by atoms with Gasteiger partial charge >= 0.3 is 0 Å². The lowest BCUT2D eigenvalue weighted by Gasteiger charge is -2.15. The zero-order valence-electron chi connectivity index (χ0n) is 6.70. The minimum absolute atomic E-state index is 0.377. The Bertz CT molecular complexity index is 196. The Kier molecular flexibility index (Phi) is 4.04. The third-order valence-corrected chi connectivity index (χ3v) is 1.12. The topological polar surface area (TPSA) is 84.6 Å². The van der Waals surface area contributed by atoms with Crippen LogP contribution in [0.25, 0.3) is 10.4 Å². The Morgan fingerprint density at radius 3 is 2.82 bits per heavy atom. The Balaban J connectivity index is 3.55. The molecule has 0 rings (SSSR count). The van der Waals surface area contributed by atoms with Gasteiger partial charge in [0.2, 0.25) is 0 Å². The summed E-state index contributed by atoms with van der Waals surface area (Å²) in [5.74, 6) is 0. The Hall–Kier alpha value is -1.24. The molecule has 0 spiro atoms. The van der Waals surface area contributed by atoms with Crippen molar-refractivity contribution >= 4 is 0 Å². The van der Waals surface area contributed by atoms with E-state index in [-0.39, 0.29) is 0 Å². The molecule has 11 heavy (non-hydrogen) atoms. The molecule has 0 aromatic carbocycles. The molecule has 0 aliphatic carbocycles. The first-order valence-corrected chi connectivity index (χ1v) is 3.29. The van der Waals surface area contributed by atoms with Gasteiger partial charge in [0.25, 0.3) is 0 Å². The van der Waals surface area contributed by atoms with E-state index in [9.17, 15) is 0 Å². The molecule has 0 saturated carbocycles. The number of hydrogen-bond acceptors (Lipinski definition) is 3. The molecule has 60 valence electrons. The van der Waals surface area contributed by atoms with E-state index >= 15 is 0 Å². The number of azide groups is 1. The smallest absolute Gasteiger partial charge is 0.101 e. The third kappa shape index (κ3) is 5.22. The summed E-state index contributed by atoms with van der Waals surface area (Å²) in [7, 11) is 0. The van der Waals surface area contributed by atoms with Crippen LogP contribution < -0.4 is 5.32 Å². The Morgan fingerprint density at radius 1 is 1.73 bits per heavy atom. The molecule has 0 atom stereocenters. The molecule has 0 amide bonds. The third-order valence-electron chi connectivity index (χ3n) is 1.12. The fourth-order valence-corrected chi connectivity index (χ4v) is 0.503. The van der Waals surface area contributed by atoms with E-state index in [0.29, 0.717) is 13.1 Å². The van der Waals surface area contributed by atoms with Gasteiger partial charge in [-0.2, -0.15) is 5.26 Å². The summed E-state index contributed by atoms with van der Waals surface area (Å²) >= 11 is 0. The molecule has 0 aliphatic heterocycles. The summed E-state index contributed by atoms with van der Waals surface area (Å²) in [4.78, 5) is 2.58. The largest absolute Gasteiger partial charge is 0.300 e. The highest BCUT2D eigenvalue weighted by Crippen LogP contribution is 1.96. The number of nitrogens with one attached hydrogen (secondary N) is 1. The molecule has 0 fully saturated rings. The van der Waals surface area contributed by atoms with Crippen LogP contribution in [0.15, 0.2) is 5.11 Å². The number of hydrogen-bond donors (Lipinski definition) is 1. The van der Waals surface area contributed by atoms with E-state index in [0.717, 1.165) is 0 Å². The van der Waals surface area contributed by atoms with Crippen molar-refractivity contribution in [1.29, 1.82) is 5.26 Å². The minimum Gasteiger partial charge on any atom is -0.300 e. The summed E-state index contributed by atoms with van der Waals surface area (Å²) in [6.07, 6.45) is 0. The van der Waals surface area contributed by atoms with Crippen LogP contribution in [0.1, 0.15) is 13.8 Å². The van der Waals surface area contributed by atoms with Gasteiger partial charge in [0.05, 0.1) is 6.07 Å². The lowest BCUT2D eigenvalue weighted by atomic mass is 10.1. The molecule has 0 radical (unpaired) electrons. The predicted octanol–water partition coefficient (Wildman–Crippen LogP) is 1.19. The second kappa shape index (κ2) is 4.56. The molecule has 0 aromatic heterocycles. The molecular formula is C6H11N5. The van der Waals surface area contributed by atoms with E-state index in [1.165, 1.54) is 0 Å². The van der Waals surface area contributed by atoms with Crippen molar-refractivity contribution in [3.63, 3.8) is 0 Å². The van der Waals surface area contributed by atoms with E-state index in [2.05, 4.69) is 21.4 Å². The molecule has 5 nitrogen and oxygen atoms in total. The molecule has 1 N–H and O–H groups in total. The van der Waals surface area contributed by atoms with Crippen molar-refractivity contribution in [2.24, 2.45) is 5.11 Å². The molecule has 0 aromatic rings. The fraction of sp³-hybridized carbons (Fsp3) is 0.833. The van der Waals surface area contributed by atoms with Crippen molar-refractivity contribution in [2.45, 2.75) is 19.4 Å². The highest BCUT2D eigenvalue weighted by molar-refractivity contribution is 4.99. The van der Waals surface area contributed by atoms with E-state index in [1.807, 2.05) is 0 Å². The van der Waals surface area contributed by atoms with Crippen molar-refractivity contribution < 1.29 is 0 Å². The quantitative estimate of drug-likeness (QED) is 0.284. The van der Waals surface area contributed by atoms with Crippen LogP contribution in [0, 0.1) is 11.3 Å². The van der Waals surface area contributed by atoms with Gasteiger partial charge in [-0.1, -0.05) is 5.11 Å². The molecule has 0 bridgehead atoms. The summed E-state index contributed by atoms with van der Waals surface area (Å²) in [5.41, 5.74) is 7.38. The van der Waals surface area contributed by atoms with Gasteiger partial charge in [-0.25, -0.2) is 0 Å². The monoisotopic (exact) mass is 153 g/mol. The maximum atomic E-state index is 8.53. The maximum Gasteiger partial charge on any atom is 0.101 e. The predicted molar refractivity (Wildman–Crippen MR) is 41.7 cm³/mol. The van der Waals surface area contributed by atoms with Crippen molar-refractivity contribution in [3.05, 3.63) is 10.4 Å². The van der Waals surface area contributed by atoms with Crippen LogP contribution in [-0.2, 0) is 0 Å². The first-order chi connectivity index (χ1) is 5.12. The average molecular weight is 153 g/mol. The van der Waals surface area contributed by atoms with Crippen molar-refractivity contribution in [2.75, 3.05) is 13.1 Å². The molecule has 0 unspecified atom stereocenters. The minimum atomic E-state index is -0.537. The number of nitrogens with zero attached hydrogens (tertiary/aromatic N) is 4.